The predicted octanol–water partition coefficient (Wildman–Crippen LogP) is 4.09. The van der Waals surface area contributed by atoms with E-state index in [1.807, 2.05) is 12.1 Å². The average Bonchev–Trinajstić information content (AvgIpc) is 2.15. The highest BCUT2D eigenvalue weighted by Gasteiger charge is 2.23. The maximum absolute atomic E-state index is 11.4. The molecule has 0 radical (unpaired) electrons. The lowest BCUT2D eigenvalue weighted by atomic mass is 9.80. The van der Waals surface area contributed by atoms with Gasteiger partial charge in [0.25, 0.3) is 0 Å². The molecule has 2 nitrogen and oxygen atoms in total. The van der Waals surface area contributed by atoms with Crippen LogP contribution in [0.3, 0.4) is 0 Å². The summed E-state index contributed by atoms with van der Waals surface area (Å²) in [6.45, 7) is 7.98. The van der Waals surface area contributed by atoms with Gasteiger partial charge in [0.15, 0.2) is 5.78 Å². The van der Waals surface area contributed by atoms with Crippen LogP contribution in [0.25, 0.3) is 0 Å². The lowest BCUT2D eigenvalue weighted by Crippen LogP contribution is -2.21. The zero-order valence-electron chi connectivity index (χ0n) is 10.7. The van der Waals surface area contributed by atoms with Crippen LogP contribution in [-0.4, -0.2) is 14.8 Å². The van der Waals surface area contributed by atoms with Crippen molar-refractivity contribution in [2.24, 2.45) is 0 Å². The van der Waals surface area contributed by atoms with Crippen LogP contribution in [0.2, 0.25) is 0 Å². The fourth-order valence-corrected chi connectivity index (χ4v) is 3.16. The van der Waals surface area contributed by atoms with Gasteiger partial charge < -0.3 is 5.11 Å². The number of phenolic OH excluding ortho intramolecular Hbond substituents is 1. The molecule has 0 saturated carbocycles. The Morgan fingerprint density at radius 1 is 1.47 bits per heavy atom. The summed E-state index contributed by atoms with van der Waals surface area (Å²) in [5.41, 5.74) is 1.53. The largest absolute Gasteiger partial charge is 0.507 e. The molecule has 1 aromatic rings. The molecular formula is C14H19IO2. The highest BCUT2D eigenvalue weighted by molar-refractivity contribution is 14.1. The van der Waals surface area contributed by atoms with Gasteiger partial charge in [-0.15, -0.1) is 0 Å². The van der Waals surface area contributed by atoms with Gasteiger partial charge in [0.05, 0.1) is 5.56 Å². The van der Waals surface area contributed by atoms with E-state index in [4.69, 9.17) is 0 Å². The molecule has 0 aliphatic rings. The monoisotopic (exact) mass is 346 g/mol. The number of halogens is 1. The van der Waals surface area contributed by atoms with E-state index in [1.54, 1.807) is 6.07 Å². The molecule has 1 rings (SSSR count). The van der Waals surface area contributed by atoms with Gasteiger partial charge in [-0.05, 0) is 36.5 Å². The van der Waals surface area contributed by atoms with Crippen LogP contribution in [0.1, 0.15) is 50.0 Å². The molecule has 0 heterocycles. The molecular weight excluding hydrogens is 327 g/mol. The van der Waals surface area contributed by atoms with E-state index in [1.165, 1.54) is 6.92 Å². The summed E-state index contributed by atoms with van der Waals surface area (Å²) in [5, 5.41) is 9.63. The summed E-state index contributed by atoms with van der Waals surface area (Å²) < 4.78 is 0.567. The number of carbonyl (C=O) groups excluding carboxylic acids is 1. The molecule has 0 spiro atoms. The number of ketones is 1. The molecule has 0 aliphatic heterocycles. The Morgan fingerprint density at radius 2 is 2.06 bits per heavy atom. The highest BCUT2D eigenvalue weighted by atomic mass is 127. The van der Waals surface area contributed by atoms with Crippen LogP contribution in [0.5, 0.6) is 5.75 Å². The molecule has 0 aromatic heterocycles. The molecule has 0 bridgehead atoms. The number of rotatable bonds is 4. The average molecular weight is 346 g/mol. The van der Waals surface area contributed by atoms with Gasteiger partial charge in [-0.1, -0.05) is 49.4 Å². The molecule has 0 aliphatic carbocycles. The van der Waals surface area contributed by atoms with Crippen molar-refractivity contribution in [3.05, 3.63) is 29.3 Å². The van der Waals surface area contributed by atoms with Crippen LogP contribution in [0.4, 0.5) is 0 Å². The number of carbonyl (C=O) groups is 1. The maximum atomic E-state index is 11.4. The van der Waals surface area contributed by atoms with E-state index in [9.17, 15) is 9.90 Å². The molecule has 3 heteroatoms. The lowest BCUT2D eigenvalue weighted by Gasteiger charge is -2.27. The Labute approximate surface area is 117 Å². The zero-order chi connectivity index (χ0) is 13.2. The summed E-state index contributed by atoms with van der Waals surface area (Å²) in [7, 11) is 0. The molecule has 0 saturated heterocycles. The summed E-state index contributed by atoms with van der Waals surface area (Å²) >= 11 is 2.41. The van der Waals surface area contributed by atoms with E-state index in [2.05, 4.69) is 43.4 Å². The van der Waals surface area contributed by atoms with Gasteiger partial charge in [-0.25, -0.2) is 0 Å². The van der Waals surface area contributed by atoms with Gasteiger partial charge in [0.2, 0.25) is 0 Å². The van der Waals surface area contributed by atoms with E-state index >= 15 is 0 Å². The summed E-state index contributed by atoms with van der Waals surface area (Å²) in [6.07, 6.45) is 1.04. The Kier molecular flexibility index (Phi) is 4.58. The Morgan fingerprint density at radius 3 is 2.53 bits per heavy atom. The maximum Gasteiger partial charge on any atom is 0.163 e. The van der Waals surface area contributed by atoms with Crippen molar-refractivity contribution < 1.29 is 9.90 Å². The van der Waals surface area contributed by atoms with Crippen molar-refractivity contribution in [2.45, 2.75) is 43.5 Å². The normalized spacial score (nSPS) is 13.5. The second kappa shape index (κ2) is 5.38. The van der Waals surface area contributed by atoms with E-state index in [-0.39, 0.29) is 16.9 Å². The van der Waals surface area contributed by atoms with Gasteiger partial charge in [-0.3, -0.25) is 4.79 Å². The van der Waals surface area contributed by atoms with Crippen molar-refractivity contribution in [3.8, 4) is 5.75 Å². The first kappa shape index (κ1) is 14.5. The van der Waals surface area contributed by atoms with Crippen molar-refractivity contribution >= 4 is 28.4 Å². The molecule has 0 fully saturated rings. The Balaban J connectivity index is 3.15. The summed E-state index contributed by atoms with van der Waals surface area (Å²) in [4.78, 5) is 11.4. The number of Topliss-reactive ketones (excluding diaryl/α,β-unsaturated/α-hetero) is 1. The smallest absolute Gasteiger partial charge is 0.163 e. The fraction of sp³-hybridized carbons (Fsp3) is 0.500. The van der Waals surface area contributed by atoms with Crippen molar-refractivity contribution in [1.82, 2.24) is 0 Å². The number of alkyl halides is 1. The minimum atomic E-state index is -0.0947. The topological polar surface area (TPSA) is 37.3 Å². The summed E-state index contributed by atoms with van der Waals surface area (Å²) in [6, 6.07) is 5.34. The van der Waals surface area contributed by atoms with Crippen molar-refractivity contribution in [3.63, 3.8) is 0 Å². The molecule has 94 valence electrons. The second-order valence-electron chi connectivity index (χ2n) is 5.16. The second-order valence-corrected chi connectivity index (χ2v) is 7.28. The first-order valence-electron chi connectivity index (χ1n) is 5.72. The highest BCUT2D eigenvalue weighted by Crippen LogP contribution is 2.33. The molecule has 1 N–H and O–H groups in total. The summed E-state index contributed by atoms with van der Waals surface area (Å²) in [5.74, 6) is -0.0257. The van der Waals surface area contributed by atoms with Crippen LogP contribution in [0, 0.1) is 0 Å². The number of aromatic hydroxyl groups is 1. The van der Waals surface area contributed by atoms with E-state index in [0.29, 0.717) is 9.49 Å². The number of phenols is 1. The third kappa shape index (κ3) is 3.69. The zero-order valence-corrected chi connectivity index (χ0v) is 12.9. The Bertz CT molecular complexity index is 422. The van der Waals surface area contributed by atoms with Crippen LogP contribution in [0.15, 0.2) is 18.2 Å². The molecule has 1 atom stereocenters. The van der Waals surface area contributed by atoms with Crippen molar-refractivity contribution in [2.75, 3.05) is 0 Å². The number of benzene rings is 1. The van der Waals surface area contributed by atoms with E-state index in [0.717, 1.165) is 12.0 Å². The SMILES string of the molecule is CC(=O)c1cc(C(C)(C)CC(C)I)ccc1O. The minimum absolute atomic E-state index is 0.0124. The van der Waals surface area contributed by atoms with Gasteiger partial charge in [0, 0.05) is 3.92 Å². The number of hydrogen-bond donors (Lipinski definition) is 1. The quantitative estimate of drug-likeness (QED) is 0.507. The van der Waals surface area contributed by atoms with Gasteiger partial charge >= 0.3 is 0 Å². The van der Waals surface area contributed by atoms with Gasteiger partial charge in [-0.2, -0.15) is 0 Å². The van der Waals surface area contributed by atoms with Crippen LogP contribution in [-0.2, 0) is 5.41 Å². The van der Waals surface area contributed by atoms with Crippen LogP contribution < -0.4 is 0 Å². The third-order valence-corrected chi connectivity index (χ3v) is 3.39. The minimum Gasteiger partial charge on any atom is -0.507 e. The van der Waals surface area contributed by atoms with Crippen LogP contribution >= 0.6 is 22.6 Å². The van der Waals surface area contributed by atoms with Gasteiger partial charge in [0.1, 0.15) is 5.75 Å². The molecule has 17 heavy (non-hydrogen) atoms. The first-order chi connectivity index (χ1) is 7.74. The standard InChI is InChI=1S/C14H19IO2/c1-9(15)8-14(3,4)11-5-6-13(17)12(7-11)10(2)16/h5-7,9,17H,8H2,1-4H3. The lowest BCUT2D eigenvalue weighted by molar-refractivity contribution is 0.101. The third-order valence-electron chi connectivity index (χ3n) is 2.95. The predicted molar refractivity (Wildman–Crippen MR) is 79.2 cm³/mol. The molecule has 1 aromatic carbocycles. The number of hydrogen-bond acceptors (Lipinski definition) is 2. The molecule has 0 amide bonds. The van der Waals surface area contributed by atoms with Crippen molar-refractivity contribution in [1.29, 1.82) is 0 Å². The molecule has 1 unspecified atom stereocenters. The Hall–Kier alpha value is -0.580. The first-order valence-corrected chi connectivity index (χ1v) is 6.97. The van der Waals surface area contributed by atoms with E-state index < -0.39 is 0 Å². The fourth-order valence-electron chi connectivity index (χ4n) is 2.06.